The van der Waals surface area contributed by atoms with Gasteiger partial charge in [-0.1, -0.05) is 11.6 Å². The predicted octanol–water partition coefficient (Wildman–Crippen LogP) is 3.45. The third-order valence-corrected chi connectivity index (χ3v) is 5.82. The lowest BCUT2D eigenvalue weighted by molar-refractivity contribution is -0.137. The molecule has 24 heavy (non-hydrogen) atoms. The Morgan fingerprint density at radius 3 is 2.58 bits per heavy atom. The van der Waals surface area contributed by atoms with E-state index in [4.69, 9.17) is 11.6 Å². The van der Waals surface area contributed by atoms with Crippen molar-refractivity contribution in [3.05, 3.63) is 28.8 Å². The zero-order chi connectivity index (χ0) is 17.3. The Morgan fingerprint density at radius 2 is 2.04 bits per heavy atom. The van der Waals surface area contributed by atoms with Gasteiger partial charge in [-0.3, -0.25) is 0 Å². The summed E-state index contributed by atoms with van der Waals surface area (Å²) in [5, 5.41) is 2.65. The van der Waals surface area contributed by atoms with E-state index in [1.165, 1.54) is 0 Å². The Hall–Kier alpha value is -0.540. The molecular formula is C14H19Cl2F3N2O2S. The SMILES string of the molecule is CC(NS(=O)(=O)c1ccc(Cl)c(C(F)(F)F)c1)C1CCCNC1.Cl. The first-order valence-electron chi connectivity index (χ1n) is 7.21. The maximum absolute atomic E-state index is 12.9. The highest BCUT2D eigenvalue weighted by atomic mass is 35.5. The molecule has 1 aromatic carbocycles. The zero-order valence-electron chi connectivity index (χ0n) is 12.9. The topological polar surface area (TPSA) is 58.2 Å². The average molecular weight is 407 g/mol. The fourth-order valence-electron chi connectivity index (χ4n) is 2.60. The van der Waals surface area contributed by atoms with E-state index < -0.39 is 31.7 Å². The van der Waals surface area contributed by atoms with Crippen LogP contribution in [0.1, 0.15) is 25.3 Å². The van der Waals surface area contributed by atoms with E-state index in [9.17, 15) is 21.6 Å². The summed E-state index contributed by atoms with van der Waals surface area (Å²) in [4.78, 5) is -0.440. The minimum Gasteiger partial charge on any atom is -0.316 e. The lowest BCUT2D eigenvalue weighted by Gasteiger charge is -2.28. The molecule has 1 saturated heterocycles. The van der Waals surface area contributed by atoms with Gasteiger partial charge in [0.05, 0.1) is 15.5 Å². The molecular weight excluding hydrogens is 388 g/mol. The number of hydrogen-bond donors (Lipinski definition) is 2. The van der Waals surface area contributed by atoms with Crippen molar-refractivity contribution in [3.63, 3.8) is 0 Å². The molecule has 2 unspecified atom stereocenters. The lowest BCUT2D eigenvalue weighted by Crippen LogP contribution is -2.44. The number of hydrogen-bond acceptors (Lipinski definition) is 3. The van der Waals surface area contributed by atoms with E-state index in [0.29, 0.717) is 12.6 Å². The fourth-order valence-corrected chi connectivity index (χ4v) is 4.17. The van der Waals surface area contributed by atoms with Crippen molar-refractivity contribution in [2.24, 2.45) is 5.92 Å². The molecule has 0 spiro atoms. The molecule has 0 aromatic heterocycles. The van der Waals surface area contributed by atoms with Gasteiger partial charge in [0.2, 0.25) is 10.0 Å². The van der Waals surface area contributed by atoms with Gasteiger partial charge < -0.3 is 5.32 Å². The van der Waals surface area contributed by atoms with Crippen LogP contribution in [0.2, 0.25) is 5.02 Å². The summed E-state index contributed by atoms with van der Waals surface area (Å²) < 4.78 is 65.7. The standard InChI is InChI=1S/C14H18ClF3N2O2S.ClH/c1-9(10-3-2-6-19-8-10)20-23(21,22)11-4-5-13(15)12(7-11)14(16,17)18;/h4-5,7,9-10,19-20H,2-3,6,8H2,1H3;1H. The first-order chi connectivity index (χ1) is 10.6. The van der Waals surface area contributed by atoms with Crippen molar-refractivity contribution in [2.75, 3.05) is 13.1 Å². The first-order valence-corrected chi connectivity index (χ1v) is 9.07. The molecule has 10 heteroatoms. The molecule has 2 N–H and O–H groups in total. The Balaban J connectivity index is 0.00000288. The predicted molar refractivity (Wildman–Crippen MR) is 89.1 cm³/mol. The van der Waals surface area contributed by atoms with Crippen molar-refractivity contribution < 1.29 is 21.6 Å². The van der Waals surface area contributed by atoms with Crippen LogP contribution in [0, 0.1) is 5.92 Å². The zero-order valence-corrected chi connectivity index (χ0v) is 15.2. The quantitative estimate of drug-likeness (QED) is 0.804. The van der Waals surface area contributed by atoms with Gasteiger partial charge in [-0.15, -0.1) is 12.4 Å². The van der Waals surface area contributed by atoms with E-state index in [0.717, 1.165) is 31.5 Å². The van der Waals surface area contributed by atoms with Gasteiger partial charge in [0.15, 0.2) is 0 Å². The van der Waals surface area contributed by atoms with Crippen LogP contribution < -0.4 is 10.0 Å². The van der Waals surface area contributed by atoms with Crippen molar-refractivity contribution in [1.29, 1.82) is 0 Å². The Bertz CT molecular complexity index is 662. The second-order valence-corrected chi connectivity index (χ2v) is 7.78. The third kappa shape index (κ3) is 5.23. The summed E-state index contributed by atoms with van der Waals surface area (Å²) >= 11 is 5.51. The summed E-state index contributed by atoms with van der Waals surface area (Å²) in [6.07, 6.45) is -2.90. The molecule has 0 amide bonds. The second kappa shape index (κ2) is 8.23. The summed E-state index contributed by atoms with van der Waals surface area (Å²) in [7, 11) is -4.04. The number of alkyl halides is 3. The number of benzene rings is 1. The highest BCUT2D eigenvalue weighted by Gasteiger charge is 2.35. The maximum atomic E-state index is 12.9. The fraction of sp³-hybridized carbons (Fsp3) is 0.571. The molecule has 1 fully saturated rings. The molecule has 0 radical (unpaired) electrons. The molecule has 138 valence electrons. The molecule has 1 aromatic rings. The highest BCUT2D eigenvalue weighted by Crippen LogP contribution is 2.36. The Morgan fingerprint density at radius 1 is 1.38 bits per heavy atom. The van der Waals surface area contributed by atoms with Gasteiger partial charge in [-0.05, 0) is 57.0 Å². The lowest BCUT2D eigenvalue weighted by atomic mass is 9.94. The summed E-state index contributed by atoms with van der Waals surface area (Å²) in [5.41, 5.74) is -1.16. The van der Waals surface area contributed by atoms with Crippen molar-refractivity contribution in [3.8, 4) is 0 Å². The van der Waals surface area contributed by atoms with Gasteiger partial charge in [-0.2, -0.15) is 13.2 Å². The average Bonchev–Trinajstić information content (AvgIpc) is 2.46. The number of sulfonamides is 1. The second-order valence-electron chi connectivity index (χ2n) is 5.66. The smallest absolute Gasteiger partial charge is 0.316 e. The van der Waals surface area contributed by atoms with Gasteiger partial charge in [0.25, 0.3) is 0 Å². The van der Waals surface area contributed by atoms with Gasteiger partial charge in [-0.25, -0.2) is 13.1 Å². The number of piperidine rings is 1. The van der Waals surface area contributed by atoms with Crippen LogP contribution in [-0.2, 0) is 16.2 Å². The Labute approximate surface area is 150 Å². The van der Waals surface area contributed by atoms with Crippen LogP contribution in [0.15, 0.2) is 23.1 Å². The highest BCUT2D eigenvalue weighted by molar-refractivity contribution is 7.89. The normalized spacial score (nSPS) is 20.3. The first kappa shape index (κ1) is 21.5. The maximum Gasteiger partial charge on any atom is 0.417 e. The van der Waals surface area contributed by atoms with Crippen LogP contribution in [0.3, 0.4) is 0 Å². The monoisotopic (exact) mass is 406 g/mol. The van der Waals surface area contributed by atoms with E-state index in [-0.39, 0.29) is 24.4 Å². The van der Waals surface area contributed by atoms with Crippen LogP contribution in [0.25, 0.3) is 0 Å². The molecule has 1 aliphatic rings. The van der Waals surface area contributed by atoms with Crippen LogP contribution in [0.5, 0.6) is 0 Å². The minimum absolute atomic E-state index is 0. The van der Waals surface area contributed by atoms with Crippen LogP contribution in [-0.4, -0.2) is 27.5 Å². The number of rotatable bonds is 4. The number of halogens is 5. The summed E-state index contributed by atoms with van der Waals surface area (Å²) in [6, 6.07) is 2.21. The molecule has 4 nitrogen and oxygen atoms in total. The van der Waals surface area contributed by atoms with E-state index >= 15 is 0 Å². The molecule has 0 saturated carbocycles. The molecule has 0 bridgehead atoms. The number of nitrogens with one attached hydrogen (secondary N) is 2. The van der Waals surface area contributed by atoms with E-state index in [1.807, 2.05) is 0 Å². The van der Waals surface area contributed by atoms with Crippen molar-refractivity contribution in [1.82, 2.24) is 10.0 Å². The molecule has 1 aliphatic heterocycles. The molecule has 2 rings (SSSR count). The minimum atomic E-state index is -4.71. The Kier molecular flexibility index (Phi) is 7.37. The largest absolute Gasteiger partial charge is 0.417 e. The van der Waals surface area contributed by atoms with Crippen LogP contribution >= 0.6 is 24.0 Å². The van der Waals surface area contributed by atoms with Crippen LogP contribution in [0.4, 0.5) is 13.2 Å². The summed E-state index contributed by atoms with van der Waals surface area (Å²) in [5.74, 6) is 0.105. The van der Waals surface area contributed by atoms with E-state index in [1.54, 1.807) is 6.92 Å². The van der Waals surface area contributed by atoms with E-state index in [2.05, 4.69) is 10.0 Å². The van der Waals surface area contributed by atoms with Crippen molar-refractivity contribution >= 4 is 34.0 Å². The molecule has 1 heterocycles. The molecule has 0 aliphatic carbocycles. The molecule has 2 atom stereocenters. The summed E-state index contributed by atoms with van der Waals surface area (Å²) in [6.45, 7) is 3.29. The third-order valence-electron chi connectivity index (χ3n) is 3.94. The van der Waals surface area contributed by atoms with Gasteiger partial charge >= 0.3 is 6.18 Å². The van der Waals surface area contributed by atoms with Crippen molar-refractivity contribution in [2.45, 2.75) is 36.9 Å². The van der Waals surface area contributed by atoms with Gasteiger partial charge in [0.1, 0.15) is 0 Å². The van der Waals surface area contributed by atoms with Gasteiger partial charge in [0, 0.05) is 6.04 Å².